The minimum Gasteiger partial charge on any atom is -0.545 e. The Labute approximate surface area is 553 Å². The number of carbonyl (C=O) groups is 3. The molecule has 0 rings (SSSR count). The van der Waals surface area contributed by atoms with E-state index in [-0.39, 0.29) is 32.2 Å². The molecule has 89 heavy (non-hydrogen) atoms. The minimum absolute atomic E-state index is 0.150. The molecule has 0 aliphatic carbocycles. The van der Waals surface area contributed by atoms with Gasteiger partial charge in [0.25, 0.3) is 0 Å². The number of allylic oxidation sites excluding steroid dienone is 8. The van der Waals surface area contributed by atoms with E-state index in [0.717, 1.165) is 51.4 Å². The Bertz CT molecular complexity index is 1600. The van der Waals surface area contributed by atoms with Crippen molar-refractivity contribution < 1.29 is 42.9 Å². The average Bonchev–Trinajstić information content (AvgIpc) is 3.70. The van der Waals surface area contributed by atoms with Gasteiger partial charge in [-0.15, -0.1) is 0 Å². The summed E-state index contributed by atoms with van der Waals surface area (Å²) in [6, 6.07) is 0. The van der Waals surface area contributed by atoms with Gasteiger partial charge in [-0.05, 0) is 77.0 Å². The van der Waals surface area contributed by atoms with Crippen LogP contribution in [0.15, 0.2) is 48.6 Å². The van der Waals surface area contributed by atoms with Crippen molar-refractivity contribution in [1.82, 2.24) is 0 Å². The SMILES string of the molecule is CCCCCCC/C=C\C/C=C\CCCCCCCCCCCCCCCCCCCCCCCCCCCC(=O)OC(COC(=O)CCCCCCCCCCCCCCCCC/C=C\C/C=C\CCCCCCC)COC(OCC[N+](C)(C)C)C(=O)[O-]. The van der Waals surface area contributed by atoms with Gasteiger partial charge in [0.1, 0.15) is 13.2 Å². The molecule has 0 aromatic heterocycles. The number of carbonyl (C=O) groups excluding carboxylic acids is 3. The van der Waals surface area contributed by atoms with Crippen molar-refractivity contribution in [2.24, 2.45) is 0 Å². The van der Waals surface area contributed by atoms with Crippen molar-refractivity contribution in [1.29, 1.82) is 0 Å². The number of carboxylic acid groups (broad SMARTS) is 1. The van der Waals surface area contributed by atoms with Crippen LogP contribution in [0.2, 0.25) is 0 Å². The first-order chi connectivity index (χ1) is 43.6. The molecule has 0 aromatic rings. The van der Waals surface area contributed by atoms with E-state index in [4.69, 9.17) is 18.9 Å². The Morgan fingerprint density at radius 2 is 0.607 bits per heavy atom. The fraction of sp³-hybridized carbons (Fsp3) is 0.863. The fourth-order valence-electron chi connectivity index (χ4n) is 11.6. The zero-order valence-electron chi connectivity index (χ0n) is 59.8. The van der Waals surface area contributed by atoms with E-state index in [1.807, 2.05) is 21.1 Å². The third-order valence-corrected chi connectivity index (χ3v) is 17.5. The third-order valence-electron chi connectivity index (χ3n) is 17.5. The van der Waals surface area contributed by atoms with Crippen molar-refractivity contribution >= 4 is 17.9 Å². The van der Waals surface area contributed by atoms with E-state index in [2.05, 4.69) is 62.5 Å². The highest BCUT2D eigenvalue weighted by molar-refractivity contribution is 5.70. The first-order valence-corrected chi connectivity index (χ1v) is 38.8. The normalized spacial score (nSPS) is 12.9. The van der Waals surface area contributed by atoms with Gasteiger partial charge in [0.15, 0.2) is 12.4 Å². The van der Waals surface area contributed by atoms with Gasteiger partial charge in [0.05, 0.1) is 40.3 Å². The average molecular weight is 1250 g/mol. The smallest absolute Gasteiger partial charge is 0.306 e. The zero-order chi connectivity index (χ0) is 64.7. The van der Waals surface area contributed by atoms with Crippen LogP contribution in [0, 0.1) is 0 Å². The number of unbranched alkanes of at least 4 members (excludes halogenated alkanes) is 50. The first-order valence-electron chi connectivity index (χ1n) is 38.8. The highest BCUT2D eigenvalue weighted by atomic mass is 16.7. The van der Waals surface area contributed by atoms with E-state index in [1.54, 1.807) is 0 Å². The molecule has 0 N–H and O–H groups in total. The molecule has 522 valence electrons. The van der Waals surface area contributed by atoms with Crippen LogP contribution in [0.1, 0.15) is 386 Å². The van der Waals surface area contributed by atoms with Crippen molar-refractivity contribution in [2.45, 2.75) is 399 Å². The number of carboxylic acids is 1. The van der Waals surface area contributed by atoms with Gasteiger partial charge in [-0.3, -0.25) is 9.59 Å². The number of aliphatic carboxylic acids is 1. The van der Waals surface area contributed by atoms with Crippen molar-refractivity contribution in [3.63, 3.8) is 0 Å². The molecular formula is C80H149NO8. The summed E-state index contributed by atoms with van der Waals surface area (Å²) < 4.78 is 22.9. The second-order valence-electron chi connectivity index (χ2n) is 27.6. The second-order valence-corrected chi connectivity index (χ2v) is 27.6. The lowest BCUT2D eigenvalue weighted by Gasteiger charge is -2.26. The van der Waals surface area contributed by atoms with Crippen molar-refractivity contribution in [3.05, 3.63) is 48.6 Å². The molecule has 9 nitrogen and oxygen atoms in total. The van der Waals surface area contributed by atoms with Gasteiger partial charge >= 0.3 is 11.9 Å². The molecule has 0 saturated heterocycles. The van der Waals surface area contributed by atoms with E-state index >= 15 is 0 Å². The molecule has 0 aromatic carbocycles. The van der Waals surface area contributed by atoms with E-state index < -0.39 is 24.3 Å². The topological polar surface area (TPSA) is 111 Å². The molecule has 0 saturated carbocycles. The molecule has 0 aliphatic rings. The molecule has 0 amide bonds. The number of esters is 2. The monoisotopic (exact) mass is 1250 g/mol. The summed E-state index contributed by atoms with van der Waals surface area (Å²) in [4.78, 5) is 37.6. The maximum Gasteiger partial charge on any atom is 0.306 e. The molecule has 0 spiro atoms. The summed E-state index contributed by atoms with van der Waals surface area (Å²) in [6.45, 7) is 4.79. The van der Waals surface area contributed by atoms with Gasteiger partial charge in [0, 0.05) is 12.8 Å². The predicted molar refractivity (Wildman–Crippen MR) is 380 cm³/mol. The first kappa shape index (κ1) is 86.2. The largest absolute Gasteiger partial charge is 0.545 e. The minimum atomic E-state index is -1.62. The standard InChI is InChI=1S/C80H149NO8/c1-6-8-10-12-14-16-18-20-22-24-26-28-30-32-34-35-36-37-38-39-40-41-42-43-45-47-49-51-53-55-57-59-61-63-65-67-69-71-78(83)89-76(75-88-80(79(84)85)86-73-72-81(3,4)5)74-87-77(82)70-68-66-64-62-60-58-56-54-52-50-48-46-44-33-31-29-27-25-23-21-19-17-15-13-11-9-7-2/h18-21,24-27,76,80H,6-17,22-23,28-75H2,1-5H3/b20-18-,21-19-,26-24-,27-25-. The lowest BCUT2D eigenvalue weighted by molar-refractivity contribution is -0.870. The van der Waals surface area contributed by atoms with E-state index in [0.29, 0.717) is 17.4 Å². The maximum atomic E-state index is 13.0. The van der Waals surface area contributed by atoms with Crippen LogP contribution < -0.4 is 5.11 Å². The Kier molecular flexibility index (Phi) is 68.9. The second kappa shape index (κ2) is 71.1. The maximum absolute atomic E-state index is 13.0. The number of ether oxygens (including phenoxy) is 4. The van der Waals surface area contributed by atoms with Gasteiger partial charge in [0.2, 0.25) is 0 Å². The number of hydrogen-bond donors (Lipinski definition) is 0. The number of nitrogens with zero attached hydrogens (tertiary/aromatic N) is 1. The summed E-state index contributed by atoms with van der Waals surface area (Å²) in [7, 11) is 5.95. The van der Waals surface area contributed by atoms with Crippen LogP contribution in [0.3, 0.4) is 0 Å². The van der Waals surface area contributed by atoms with E-state index in [9.17, 15) is 19.5 Å². The van der Waals surface area contributed by atoms with Crippen LogP contribution in [-0.4, -0.2) is 82.3 Å². The Morgan fingerprint density at radius 1 is 0.337 bits per heavy atom. The van der Waals surface area contributed by atoms with Gasteiger partial charge in [-0.2, -0.15) is 0 Å². The number of rotatable bonds is 73. The molecule has 0 radical (unpaired) electrons. The van der Waals surface area contributed by atoms with Crippen LogP contribution >= 0.6 is 0 Å². The predicted octanol–water partition coefficient (Wildman–Crippen LogP) is 23.1. The Hall–Kier alpha value is -2.75. The summed E-state index contributed by atoms with van der Waals surface area (Å²) >= 11 is 0. The van der Waals surface area contributed by atoms with Crippen LogP contribution in [0.5, 0.6) is 0 Å². The van der Waals surface area contributed by atoms with Gasteiger partial charge < -0.3 is 33.3 Å². The molecule has 0 fully saturated rings. The van der Waals surface area contributed by atoms with Crippen LogP contribution in [0.4, 0.5) is 0 Å². The molecule has 2 atom stereocenters. The molecular weight excluding hydrogens is 1100 g/mol. The molecule has 9 heteroatoms. The lowest BCUT2D eigenvalue weighted by Crippen LogP contribution is -2.44. The highest BCUT2D eigenvalue weighted by Gasteiger charge is 2.22. The number of quaternary nitrogens is 1. The Balaban J connectivity index is 3.98. The van der Waals surface area contributed by atoms with E-state index in [1.165, 1.54) is 308 Å². The third kappa shape index (κ3) is 72.5. The summed E-state index contributed by atoms with van der Waals surface area (Å²) in [5.41, 5.74) is 0. The molecule has 2 unspecified atom stereocenters. The zero-order valence-corrected chi connectivity index (χ0v) is 59.8. The van der Waals surface area contributed by atoms with Gasteiger partial charge in [-0.25, -0.2) is 0 Å². The van der Waals surface area contributed by atoms with Crippen molar-refractivity contribution in [3.8, 4) is 0 Å². The van der Waals surface area contributed by atoms with Crippen LogP contribution in [0.25, 0.3) is 0 Å². The highest BCUT2D eigenvalue weighted by Crippen LogP contribution is 2.19. The number of hydrogen-bond acceptors (Lipinski definition) is 8. The molecule has 0 aliphatic heterocycles. The summed E-state index contributed by atoms with van der Waals surface area (Å²) in [5.74, 6) is -2.25. The Morgan fingerprint density at radius 3 is 0.888 bits per heavy atom. The summed E-state index contributed by atoms with van der Waals surface area (Å²) in [5, 5.41) is 11.8. The van der Waals surface area contributed by atoms with Crippen LogP contribution in [-0.2, 0) is 33.3 Å². The quantitative estimate of drug-likeness (QED) is 0.0195. The summed E-state index contributed by atoms with van der Waals surface area (Å²) in [6.07, 6.45) is 89.4. The van der Waals surface area contributed by atoms with Gasteiger partial charge in [-0.1, -0.05) is 345 Å². The number of likely N-dealkylation sites (N-methyl/N-ethyl adjacent to an activating group) is 1. The lowest BCUT2D eigenvalue weighted by atomic mass is 10.0. The van der Waals surface area contributed by atoms with Crippen molar-refractivity contribution in [2.75, 3.05) is 47.5 Å². The fourth-order valence-corrected chi connectivity index (χ4v) is 11.6. The molecule has 0 heterocycles. The molecule has 0 bridgehead atoms.